The number of hydrogen-bond acceptors (Lipinski definition) is 4. The van der Waals surface area contributed by atoms with E-state index >= 15 is 0 Å². The van der Waals surface area contributed by atoms with Gasteiger partial charge >= 0.3 is 0 Å². The van der Waals surface area contributed by atoms with Crippen molar-refractivity contribution in [3.63, 3.8) is 0 Å². The summed E-state index contributed by atoms with van der Waals surface area (Å²) < 4.78 is 0. The number of nitrogens with zero attached hydrogens (tertiary/aromatic N) is 1. The van der Waals surface area contributed by atoms with Crippen molar-refractivity contribution in [3.8, 4) is 0 Å². The molecule has 2 rings (SSSR count). The molecule has 0 atom stereocenters. The third kappa shape index (κ3) is 1.67. The van der Waals surface area contributed by atoms with Crippen LogP contribution in [-0.4, -0.2) is 17.9 Å². The van der Waals surface area contributed by atoms with Gasteiger partial charge in [0.05, 0.1) is 0 Å². The van der Waals surface area contributed by atoms with Crippen LogP contribution in [0.2, 0.25) is 0 Å². The Bertz CT molecular complexity index is 296. The summed E-state index contributed by atoms with van der Waals surface area (Å²) in [5.74, 6) is -0.280. The van der Waals surface area contributed by atoms with Gasteiger partial charge in [-0.15, -0.1) is 5.17 Å². The Kier molecular flexibility index (Phi) is 2.22. The van der Waals surface area contributed by atoms with Crippen molar-refractivity contribution in [2.75, 3.05) is 6.79 Å². The Morgan fingerprint density at radius 2 is 2.15 bits per heavy atom. The van der Waals surface area contributed by atoms with E-state index in [1.54, 1.807) is 24.3 Å². The molecule has 1 heterocycles. The van der Waals surface area contributed by atoms with Crippen molar-refractivity contribution in [2.24, 2.45) is 0 Å². The van der Waals surface area contributed by atoms with Gasteiger partial charge in [0.1, 0.15) is 0 Å². The molecule has 5 nitrogen and oxygen atoms in total. The molecule has 68 valence electrons. The average Bonchev–Trinajstić information content (AvgIpc) is 2.71. The van der Waals surface area contributed by atoms with E-state index in [2.05, 4.69) is 10.4 Å². The zero-order valence-corrected chi connectivity index (χ0v) is 6.77. The summed E-state index contributed by atoms with van der Waals surface area (Å²) in [4.78, 5) is 21.0. The van der Waals surface area contributed by atoms with Crippen molar-refractivity contribution in [1.82, 2.24) is 10.8 Å². The second-order valence-corrected chi connectivity index (χ2v) is 2.45. The summed E-state index contributed by atoms with van der Waals surface area (Å²) in [6.07, 6.45) is 0. The molecule has 0 saturated carbocycles. The van der Waals surface area contributed by atoms with E-state index in [1.165, 1.54) is 0 Å². The molecule has 5 heteroatoms. The normalized spacial score (nSPS) is 16.2. The highest BCUT2D eigenvalue weighted by Crippen LogP contribution is 2.05. The number of hydrogen-bond donors (Lipinski definition) is 1. The predicted molar refractivity (Wildman–Crippen MR) is 42.8 cm³/mol. The highest BCUT2D eigenvalue weighted by molar-refractivity contribution is 5.93. The predicted octanol–water partition coefficient (Wildman–Crippen LogP) is 0.468. The number of benzene rings is 1. The summed E-state index contributed by atoms with van der Waals surface area (Å²) in [6, 6.07) is 8.80. The van der Waals surface area contributed by atoms with Gasteiger partial charge in [0, 0.05) is 5.56 Å². The first-order chi connectivity index (χ1) is 6.38. The first-order valence-electron chi connectivity index (χ1n) is 3.78. The van der Waals surface area contributed by atoms with Crippen LogP contribution in [0.25, 0.3) is 0 Å². The maximum absolute atomic E-state index is 11.5. The number of rotatable bonds is 1. The van der Waals surface area contributed by atoms with Gasteiger partial charge in [0.15, 0.2) is 6.79 Å². The smallest absolute Gasteiger partial charge is 0.265 e. The number of nitrogens with one attached hydrogen (secondary N) is 1. The van der Waals surface area contributed by atoms with Crippen LogP contribution in [0.4, 0.5) is 0 Å². The van der Waals surface area contributed by atoms with Crippen LogP contribution in [0.15, 0.2) is 30.3 Å². The minimum atomic E-state index is -0.280. The summed E-state index contributed by atoms with van der Waals surface area (Å²) in [6.45, 7) is 0.0403. The second-order valence-electron chi connectivity index (χ2n) is 2.45. The zero-order chi connectivity index (χ0) is 9.10. The average molecular weight is 180 g/mol. The minimum absolute atomic E-state index is 0.0403. The van der Waals surface area contributed by atoms with E-state index in [0.29, 0.717) is 5.56 Å². The summed E-state index contributed by atoms with van der Waals surface area (Å²) in [5, 5.41) is 0.954. The standard InChI is InChI=1S/C8H8N2O3/c11-8(10-9-12-6-13-10)7-4-2-1-3-5-7/h1-5,9H,6H2. The quantitative estimate of drug-likeness (QED) is 0.682. The molecule has 1 saturated heterocycles. The Hall–Kier alpha value is -1.43. The van der Waals surface area contributed by atoms with Crippen molar-refractivity contribution < 1.29 is 14.5 Å². The Balaban J connectivity index is 2.13. The topological polar surface area (TPSA) is 50.8 Å². The fraction of sp³-hybridized carbons (Fsp3) is 0.125. The lowest BCUT2D eigenvalue weighted by molar-refractivity contribution is -0.102. The van der Waals surface area contributed by atoms with E-state index in [1.807, 2.05) is 6.07 Å². The van der Waals surface area contributed by atoms with E-state index in [0.717, 1.165) is 5.17 Å². The van der Waals surface area contributed by atoms with E-state index in [4.69, 9.17) is 4.84 Å². The van der Waals surface area contributed by atoms with Crippen LogP contribution < -0.4 is 5.59 Å². The van der Waals surface area contributed by atoms with Crippen molar-refractivity contribution in [2.45, 2.75) is 0 Å². The van der Waals surface area contributed by atoms with Crippen molar-refractivity contribution in [3.05, 3.63) is 35.9 Å². The van der Waals surface area contributed by atoms with Crippen LogP contribution >= 0.6 is 0 Å². The lowest BCUT2D eigenvalue weighted by Gasteiger charge is -2.10. The molecule has 0 bridgehead atoms. The van der Waals surface area contributed by atoms with Crippen molar-refractivity contribution >= 4 is 5.91 Å². The monoisotopic (exact) mass is 180 g/mol. The highest BCUT2D eigenvalue weighted by Gasteiger charge is 2.20. The lowest BCUT2D eigenvalue weighted by Crippen LogP contribution is -2.35. The molecular formula is C8H8N2O3. The molecule has 0 aliphatic carbocycles. The number of carbonyl (C=O) groups is 1. The molecule has 0 unspecified atom stereocenters. The van der Waals surface area contributed by atoms with E-state index in [-0.39, 0.29) is 12.7 Å². The largest absolute Gasteiger partial charge is 0.294 e. The van der Waals surface area contributed by atoms with Gasteiger partial charge in [-0.3, -0.25) is 4.79 Å². The van der Waals surface area contributed by atoms with E-state index in [9.17, 15) is 4.79 Å². The van der Waals surface area contributed by atoms with Gasteiger partial charge < -0.3 is 0 Å². The molecule has 0 radical (unpaired) electrons. The third-order valence-electron chi connectivity index (χ3n) is 1.59. The van der Waals surface area contributed by atoms with Gasteiger partial charge in [-0.25, -0.2) is 9.68 Å². The fourth-order valence-corrected chi connectivity index (χ4v) is 0.988. The molecule has 0 spiro atoms. The molecule has 1 N–H and O–H groups in total. The second kappa shape index (κ2) is 3.53. The number of hydroxylamine groups is 1. The molecule has 1 aliphatic heterocycles. The van der Waals surface area contributed by atoms with Crippen LogP contribution in [0.3, 0.4) is 0 Å². The fourth-order valence-electron chi connectivity index (χ4n) is 0.988. The minimum Gasteiger partial charge on any atom is -0.265 e. The Morgan fingerprint density at radius 1 is 1.38 bits per heavy atom. The van der Waals surface area contributed by atoms with Gasteiger partial charge in [-0.1, -0.05) is 23.8 Å². The maximum atomic E-state index is 11.5. The lowest BCUT2D eigenvalue weighted by atomic mass is 10.2. The molecule has 1 amide bonds. The summed E-state index contributed by atoms with van der Waals surface area (Å²) in [7, 11) is 0. The third-order valence-corrected chi connectivity index (χ3v) is 1.59. The molecule has 1 fully saturated rings. The zero-order valence-electron chi connectivity index (χ0n) is 6.77. The Morgan fingerprint density at radius 3 is 2.77 bits per heavy atom. The number of hydrazine groups is 1. The summed E-state index contributed by atoms with van der Waals surface area (Å²) in [5.41, 5.74) is 2.86. The van der Waals surface area contributed by atoms with E-state index < -0.39 is 0 Å². The molecular weight excluding hydrogens is 172 g/mol. The van der Waals surface area contributed by atoms with Crippen LogP contribution in [0.5, 0.6) is 0 Å². The summed E-state index contributed by atoms with van der Waals surface area (Å²) >= 11 is 0. The molecule has 1 aliphatic rings. The SMILES string of the molecule is O=C(c1ccccc1)N1NOCO1. The molecule has 1 aromatic rings. The molecule has 13 heavy (non-hydrogen) atoms. The number of amides is 1. The van der Waals surface area contributed by atoms with Gasteiger partial charge in [-0.2, -0.15) is 0 Å². The molecule has 0 aromatic heterocycles. The van der Waals surface area contributed by atoms with Crippen LogP contribution in [0.1, 0.15) is 10.4 Å². The van der Waals surface area contributed by atoms with Gasteiger partial charge in [-0.05, 0) is 12.1 Å². The maximum Gasteiger partial charge on any atom is 0.294 e. The highest BCUT2D eigenvalue weighted by atomic mass is 17.0. The molecule has 1 aromatic carbocycles. The first kappa shape index (κ1) is 8.18. The van der Waals surface area contributed by atoms with Gasteiger partial charge in [0.25, 0.3) is 5.91 Å². The Labute approximate surface area is 74.7 Å². The van der Waals surface area contributed by atoms with Crippen molar-refractivity contribution in [1.29, 1.82) is 0 Å². The van der Waals surface area contributed by atoms with Crippen LogP contribution in [-0.2, 0) is 9.68 Å². The van der Waals surface area contributed by atoms with Crippen LogP contribution in [0, 0.1) is 0 Å². The number of carbonyl (C=O) groups excluding carboxylic acids is 1. The van der Waals surface area contributed by atoms with Gasteiger partial charge in [0.2, 0.25) is 0 Å². The first-order valence-corrected chi connectivity index (χ1v) is 3.78.